The molecule has 4 nitrogen and oxygen atoms in total. The molecule has 1 atom stereocenters. The standard InChI is InChI=1S/C18H28FN3O/c1-14(2)21-18(3,4)23-17(11-12-19)15-7-9-16(10-8-15)22(6)13-20-5/h7-10,13,17,21H,1,11-12H2,2-6H3. The fourth-order valence-corrected chi connectivity index (χ4v) is 2.46. The summed E-state index contributed by atoms with van der Waals surface area (Å²) >= 11 is 0. The van der Waals surface area contributed by atoms with Crippen LogP contribution in [0.1, 0.15) is 38.9 Å². The highest BCUT2D eigenvalue weighted by atomic mass is 19.1. The molecule has 0 aliphatic rings. The average Bonchev–Trinajstić information content (AvgIpc) is 2.45. The number of hydrogen-bond donors (Lipinski definition) is 1. The molecule has 1 N–H and O–H groups in total. The zero-order valence-electron chi connectivity index (χ0n) is 14.8. The second-order valence-electron chi connectivity index (χ2n) is 6.08. The van der Waals surface area contributed by atoms with E-state index in [9.17, 15) is 4.39 Å². The molecule has 0 heterocycles. The van der Waals surface area contributed by atoms with Crippen molar-refractivity contribution in [3.05, 3.63) is 42.1 Å². The fourth-order valence-electron chi connectivity index (χ4n) is 2.46. The first kappa shape index (κ1) is 19.2. The van der Waals surface area contributed by atoms with Gasteiger partial charge in [0.25, 0.3) is 0 Å². The number of hydrogen-bond acceptors (Lipinski definition) is 3. The lowest BCUT2D eigenvalue weighted by molar-refractivity contribution is -0.0928. The quantitative estimate of drug-likeness (QED) is 0.423. The van der Waals surface area contributed by atoms with Gasteiger partial charge in [-0.15, -0.1) is 0 Å². The third-order valence-electron chi connectivity index (χ3n) is 3.28. The third-order valence-corrected chi connectivity index (χ3v) is 3.28. The van der Waals surface area contributed by atoms with E-state index in [-0.39, 0.29) is 6.10 Å². The maximum absolute atomic E-state index is 12.9. The maximum Gasteiger partial charge on any atom is 0.133 e. The number of ether oxygens (including phenoxy) is 1. The summed E-state index contributed by atoms with van der Waals surface area (Å²) in [5, 5.41) is 3.16. The number of benzene rings is 1. The molecule has 0 spiro atoms. The maximum atomic E-state index is 12.9. The molecule has 0 bridgehead atoms. The van der Waals surface area contributed by atoms with Crippen molar-refractivity contribution in [2.75, 3.05) is 25.7 Å². The lowest BCUT2D eigenvalue weighted by Crippen LogP contribution is -2.41. The van der Waals surface area contributed by atoms with Crippen molar-refractivity contribution in [1.29, 1.82) is 0 Å². The predicted molar refractivity (Wildman–Crippen MR) is 95.7 cm³/mol. The first-order chi connectivity index (χ1) is 10.8. The number of anilines is 1. The molecule has 128 valence electrons. The largest absolute Gasteiger partial charge is 0.362 e. The molecule has 0 aliphatic heterocycles. The van der Waals surface area contributed by atoms with Gasteiger partial charge in [-0.25, -0.2) is 0 Å². The zero-order chi connectivity index (χ0) is 17.5. The van der Waals surface area contributed by atoms with Gasteiger partial charge in [0.05, 0.1) is 19.1 Å². The Labute approximate surface area is 139 Å². The molecule has 0 aliphatic carbocycles. The molecule has 5 heteroatoms. The highest BCUT2D eigenvalue weighted by Gasteiger charge is 2.24. The molecule has 1 aromatic carbocycles. The van der Waals surface area contributed by atoms with Crippen molar-refractivity contribution >= 4 is 12.0 Å². The van der Waals surface area contributed by atoms with Crippen molar-refractivity contribution < 1.29 is 9.13 Å². The van der Waals surface area contributed by atoms with E-state index in [1.807, 2.05) is 57.0 Å². The van der Waals surface area contributed by atoms with Crippen molar-refractivity contribution in [3.8, 4) is 0 Å². The number of allylic oxidation sites excluding steroid dienone is 1. The van der Waals surface area contributed by atoms with Gasteiger partial charge in [-0.2, -0.15) is 0 Å². The smallest absolute Gasteiger partial charge is 0.133 e. The van der Waals surface area contributed by atoms with Crippen LogP contribution in [0, 0.1) is 0 Å². The lowest BCUT2D eigenvalue weighted by atomic mass is 10.1. The minimum atomic E-state index is -0.615. The van der Waals surface area contributed by atoms with Gasteiger partial charge in [-0.05, 0) is 38.5 Å². The number of nitrogens with zero attached hydrogens (tertiary/aromatic N) is 2. The first-order valence-electron chi connectivity index (χ1n) is 7.71. The van der Waals surface area contributed by atoms with Gasteiger partial charge in [-0.1, -0.05) is 18.7 Å². The van der Waals surface area contributed by atoms with Crippen LogP contribution >= 0.6 is 0 Å². The Morgan fingerprint density at radius 2 is 2.04 bits per heavy atom. The van der Waals surface area contributed by atoms with Crippen molar-refractivity contribution in [2.45, 2.75) is 39.0 Å². The molecular formula is C18H28FN3O. The second kappa shape index (κ2) is 8.67. The van der Waals surface area contributed by atoms with E-state index in [2.05, 4.69) is 16.9 Å². The van der Waals surface area contributed by atoms with Crippen LogP contribution in [0.2, 0.25) is 0 Å². The van der Waals surface area contributed by atoms with Crippen molar-refractivity contribution in [2.24, 2.45) is 4.99 Å². The molecule has 1 unspecified atom stereocenters. The van der Waals surface area contributed by atoms with Crippen LogP contribution < -0.4 is 10.2 Å². The molecule has 0 radical (unpaired) electrons. The van der Waals surface area contributed by atoms with E-state index in [0.29, 0.717) is 6.42 Å². The monoisotopic (exact) mass is 321 g/mol. The molecule has 1 aromatic rings. The van der Waals surface area contributed by atoms with E-state index in [1.54, 1.807) is 13.4 Å². The highest BCUT2D eigenvalue weighted by molar-refractivity contribution is 5.78. The average molecular weight is 321 g/mol. The van der Waals surface area contributed by atoms with Crippen LogP contribution in [0.5, 0.6) is 0 Å². The normalized spacial score (nSPS) is 13.1. The van der Waals surface area contributed by atoms with E-state index >= 15 is 0 Å². The topological polar surface area (TPSA) is 36.9 Å². The Kier molecular flexibility index (Phi) is 7.23. The molecule has 0 amide bonds. The molecule has 0 fully saturated rings. The van der Waals surface area contributed by atoms with Crippen LogP contribution in [0.15, 0.2) is 41.5 Å². The minimum absolute atomic E-state index is 0.312. The first-order valence-corrected chi connectivity index (χ1v) is 7.71. The summed E-state index contributed by atoms with van der Waals surface area (Å²) < 4.78 is 19.0. The van der Waals surface area contributed by atoms with Gasteiger partial charge < -0.3 is 15.0 Å². The number of alkyl halides is 1. The molecular weight excluding hydrogens is 293 g/mol. The number of halogens is 1. The Balaban J connectivity index is 2.90. The van der Waals surface area contributed by atoms with Gasteiger partial charge in [0.15, 0.2) is 0 Å². The molecule has 1 rings (SSSR count). The number of aliphatic imine (C=N–C) groups is 1. The molecule has 23 heavy (non-hydrogen) atoms. The van der Waals surface area contributed by atoms with Crippen LogP contribution in [-0.2, 0) is 4.74 Å². The third kappa shape index (κ3) is 6.40. The Hall–Kier alpha value is -1.88. The minimum Gasteiger partial charge on any atom is -0.362 e. The molecule has 0 saturated heterocycles. The van der Waals surface area contributed by atoms with Gasteiger partial charge in [-0.3, -0.25) is 9.38 Å². The van der Waals surface area contributed by atoms with Crippen molar-refractivity contribution in [1.82, 2.24) is 5.32 Å². The summed E-state index contributed by atoms with van der Waals surface area (Å²) in [6, 6.07) is 7.88. The predicted octanol–water partition coefficient (Wildman–Crippen LogP) is 4.06. The van der Waals surface area contributed by atoms with Crippen molar-refractivity contribution in [3.63, 3.8) is 0 Å². The molecule has 0 saturated carbocycles. The van der Waals surface area contributed by atoms with Gasteiger partial charge in [0.1, 0.15) is 5.72 Å². The number of rotatable bonds is 9. The van der Waals surface area contributed by atoms with E-state index in [0.717, 1.165) is 16.9 Å². The summed E-state index contributed by atoms with van der Waals surface area (Å²) in [5.41, 5.74) is 2.16. The molecule has 0 aromatic heterocycles. The van der Waals surface area contributed by atoms with Gasteiger partial charge in [0.2, 0.25) is 0 Å². The lowest BCUT2D eigenvalue weighted by Gasteiger charge is -2.32. The van der Waals surface area contributed by atoms with E-state index < -0.39 is 12.4 Å². The Morgan fingerprint density at radius 1 is 1.43 bits per heavy atom. The Morgan fingerprint density at radius 3 is 2.52 bits per heavy atom. The summed E-state index contributed by atoms with van der Waals surface area (Å²) in [7, 11) is 3.66. The Bertz CT molecular complexity index is 526. The van der Waals surface area contributed by atoms with Gasteiger partial charge >= 0.3 is 0 Å². The van der Waals surface area contributed by atoms with E-state index in [4.69, 9.17) is 4.74 Å². The fraction of sp³-hybridized carbons (Fsp3) is 0.500. The summed E-state index contributed by atoms with van der Waals surface area (Å²) in [4.78, 5) is 5.90. The van der Waals surface area contributed by atoms with Crippen LogP contribution in [-0.4, -0.2) is 32.8 Å². The summed E-state index contributed by atoms with van der Waals surface area (Å²) in [6.45, 7) is 9.09. The SMILES string of the molecule is C=C(C)NC(C)(C)OC(CCF)c1ccc(N(C)C=NC)cc1. The van der Waals surface area contributed by atoms with E-state index in [1.165, 1.54) is 0 Å². The van der Waals surface area contributed by atoms with Crippen LogP contribution in [0.3, 0.4) is 0 Å². The van der Waals surface area contributed by atoms with Crippen LogP contribution in [0.4, 0.5) is 10.1 Å². The summed E-state index contributed by atoms with van der Waals surface area (Å²) in [5.74, 6) is 0. The highest BCUT2D eigenvalue weighted by Crippen LogP contribution is 2.28. The summed E-state index contributed by atoms with van der Waals surface area (Å²) in [6.07, 6.45) is 1.73. The number of nitrogens with one attached hydrogen (secondary N) is 1. The second-order valence-corrected chi connectivity index (χ2v) is 6.08. The van der Waals surface area contributed by atoms with Gasteiger partial charge in [0, 0.05) is 31.9 Å². The zero-order valence-corrected chi connectivity index (χ0v) is 14.8. The van der Waals surface area contributed by atoms with Crippen LogP contribution in [0.25, 0.3) is 0 Å².